The number of nitrogens with zero attached hydrogens (tertiary/aromatic N) is 2. The van der Waals surface area contributed by atoms with E-state index in [2.05, 4.69) is 0 Å². The fourth-order valence-corrected chi connectivity index (χ4v) is 1.51. The van der Waals surface area contributed by atoms with Crippen molar-refractivity contribution in [3.05, 3.63) is 0 Å². The summed E-state index contributed by atoms with van der Waals surface area (Å²) in [6.07, 6.45) is 0. The second kappa shape index (κ2) is 3.25. The number of rotatable bonds is 1. The first-order valence-electron chi connectivity index (χ1n) is 4.30. The van der Waals surface area contributed by atoms with Crippen molar-refractivity contribution in [1.82, 2.24) is 9.91 Å². The van der Waals surface area contributed by atoms with Crippen LogP contribution in [0.2, 0.25) is 0 Å². The van der Waals surface area contributed by atoms with E-state index in [4.69, 9.17) is 10.9 Å². The lowest BCUT2D eigenvalue weighted by Crippen LogP contribution is -2.66. The maximum atomic E-state index is 10.8. The van der Waals surface area contributed by atoms with Crippen LogP contribution in [0.5, 0.6) is 0 Å². The molecule has 5 nitrogen and oxygen atoms in total. The summed E-state index contributed by atoms with van der Waals surface area (Å²) < 4.78 is 0. The molecule has 0 aromatic heterocycles. The van der Waals surface area contributed by atoms with Crippen molar-refractivity contribution in [1.29, 1.82) is 0 Å². The molecular formula is C8H17N3O2. The summed E-state index contributed by atoms with van der Waals surface area (Å²) in [4.78, 5) is 12.8. The molecule has 1 heterocycles. The number of nitrogens with two attached hydrogens (primary N) is 1. The molecule has 0 radical (unpaired) electrons. The quantitative estimate of drug-likeness (QED) is 0.533. The van der Waals surface area contributed by atoms with E-state index in [1.54, 1.807) is 0 Å². The summed E-state index contributed by atoms with van der Waals surface area (Å²) in [5.74, 6) is 4.79. The van der Waals surface area contributed by atoms with Gasteiger partial charge in [-0.1, -0.05) is 0 Å². The Morgan fingerprint density at radius 2 is 2.15 bits per heavy atom. The van der Waals surface area contributed by atoms with Gasteiger partial charge in [0.1, 0.15) is 6.04 Å². The van der Waals surface area contributed by atoms with Crippen LogP contribution in [-0.2, 0) is 4.79 Å². The Hall–Kier alpha value is -0.650. The topological polar surface area (TPSA) is 69.8 Å². The van der Waals surface area contributed by atoms with Crippen LogP contribution in [-0.4, -0.2) is 52.7 Å². The highest BCUT2D eigenvalue weighted by Gasteiger charge is 2.38. The van der Waals surface area contributed by atoms with E-state index in [1.807, 2.05) is 25.8 Å². The molecule has 0 amide bonds. The van der Waals surface area contributed by atoms with Gasteiger partial charge in [-0.05, 0) is 20.9 Å². The first-order valence-corrected chi connectivity index (χ1v) is 4.30. The lowest BCUT2D eigenvalue weighted by atomic mass is 9.98. The highest BCUT2D eigenvalue weighted by Crippen LogP contribution is 2.20. The maximum absolute atomic E-state index is 10.8. The number of piperazine rings is 1. The van der Waals surface area contributed by atoms with Crippen molar-refractivity contribution in [2.75, 3.05) is 20.1 Å². The van der Waals surface area contributed by atoms with E-state index in [9.17, 15) is 4.79 Å². The zero-order chi connectivity index (χ0) is 10.2. The Kier molecular flexibility index (Phi) is 2.61. The highest BCUT2D eigenvalue weighted by molar-refractivity contribution is 5.73. The average molecular weight is 187 g/mol. The van der Waals surface area contributed by atoms with Gasteiger partial charge in [0.25, 0.3) is 0 Å². The molecule has 5 heteroatoms. The third-order valence-corrected chi connectivity index (χ3v) is 2.74. The number of carboxylic acid groups (broad SMARTS) is 1. The normalized spacial score (nSPS) is 30.3. The Balaban J connectivity index is 2.73. The van der Waals surface area contributed by atoms with Crippen LogP contribution in [0.1, 0.15) is 13.8 Å². The molecule has 3 N–H and O–H groups in total. The molecule has 0 aromatic carbocycles. The van der Waals surface area contributed by atoms with Crippen LogP contribution in [0.25, 0.3) is 0 Å². The molecule has 1 saturated heterocycles. The van der Waals surface area contributed by atoms with Gasteiger partial charge in [0, 0.05) is 18.6 Å². The van der Waals surface area contributed by atoms with Crippen molar-refractivity contribution in [3.63, 3.8) is 0 Å². The van der Waals surface area contributed by atoms with Gasteiger partial charge in [-0.3, -0.25) is 15.5 Å². The van der Waals surface area contributed by atoms with Gasteiger partial charge in [-0.25, -0.2) is 5.01 Å². The summed E-state index contributed by atoms with van der Waals surface area (Å²) in [7, 11) is 1.92. The Bertz CT molecular complexity index is 217. The minimum Gasteiger partial charge on any atom is -0.480 e. The Labute approximate surface area is 78.1 Å². The van der Waals surface area contributed by atoms with Crippen LogP contribution in [0.15, 0.2) is 0 Å². The minimum atomic E-state index is -0.857. The number of carbonyl (C=O) groups is 1. The predicted octanol–water partition coefficient (Wildman–Crippen LogP) is -0.661. The first kappa shape index (κ1) is 10.4. The molecule has 1 fully saturated rings. The summed E-state index contributed by atoms with van der Waals surface area (Å²) in [5.41, 5.74) is -0.0549. The van der Waals surface area contributed by atoms with Gasteiger partial charge >= 0.3 is 5.97 Å². The molecule has 0 spiro atoms. The zero-order valence-corrected chi connectivity index (χ0v) is 8.32. The fraction of sp³-hybridized carbons (Fsp3) is 0.875. The summed E-state index contributed by atoms with van der Waals surface area (Å²) in [5, 5.41) is 10.3. The number of hydrogen-bond acceptors (Lipinski definition) is 4. The third-order valence-electron chi connectivity index (χ3n) is 2.74. The Morgan fingerprint density at radius 1 is 1.62 bits per heavy atom. The molecular weight excluding hydrogens is 170 g/mol. The van der Waals surface area contributed by atoms with E-state index in [1.165, 1.54) is 5.01 Å². The molecule has 0 aromatic rings. The van der Waals surface area contributed by atoms with Crippen molar-refractivity contribution < 1.29 is 9.90 Å². The van der Waals surface area contributed by atoms with Crippen molar-refractivity contribution >= 4 is 5.97 Å². The molecule has 13 heavy (non-hydrogen) atoms. The zero-order valence-electron chi connectivity index (χ0n) is 8.32. The molecule has 1 aliphatic rings. The lowest BCUT2D eigenvalue weighted by molar-refractivity contribution is -0.148. The van der Waals surface area contributed by atoms with Gasteiger partial charge in [-0.2, -0.15) is 0 Å². The monoisotopic (exact) mass is 187 g/mol. The van der Waals surface area contributed by atoms with Crippen molar-refractivity contribution in [3.8, 4) is 0 Å². The second-order valence-electron chi connectivity index (χ2n) is 4.22. The van der Waals surface area contributed by atoms with Gasteiger partial charge in [0.15, 0.2) is 0 Å². The summed E-state index contributed by atoms with van der Waals surface area (Å²) in [6, 6.07) is -0.585. The number of aliphatic carboxylic acids is 1. The second-order valence-corrected chi connectivity index (χ2v) is 4.22. The van der Waals surface area contributed by atoms with Crippen LogP contribution < -0.4 is 5.84 Å². The fourth-order valence-electron chi connectivity index (χ4n) is 1.51. The molecule has 0 aliphatic carbocycles. The van der Waals surface area contributed by atoms with E-state index >= 15 is 0 Å². The minimum absolute atomic E-state index is 0.0549. The first-order chi connectivity index (χ1) is 5.84. The lowest BCUT2D eigenvalue weighted by Gasteiger charge is -2.46. The van der Waals surface area contributed by atoms with Crippen LogP contribution >= 0.6 is 0 Å². The maximum Gasteiger partial charge on any atom is 0.323 e. The van der Waals surface area contributed by atoms with Crippen LogP contribution in [0.3, 0.4) is 0 Å². The van der Waals surface area contributed by atoms with E-state index < -0.39 is 12.0 Å². The molecule has 0 bridgehead atoms. The predicted molar refractivity (Wildman–Crippen MR) is 49.0 cm³/mol. The smallest absolute Gasteiger partial charge is 0.323 e. The molecule has 1 unspecified atom stereocenters. The largest absolute Gasteiger partial charge is 0.480 e. The SMILES string of the molecule is CN1CC(C(=O)O)N(N)CC1(C)C. The Morgan fingerprint density at radius 3 is 2.62 bits per heavy atom. The van der Waals surface area contributed by atoms with Crippen LogP contribution in [0, 0.1) is 0 Å². The van der Waals surface area contributed by atoms with Gasteiger partial charge in [-0.15, -0.1) is 0 Å². The van der Waals surface area contributed by atoms with Gasteiger partial charge in [0.2, 0.25) is 0 Å². The van der Waals surface area contributed by atoms with E-state index in [0.717, 1.165) is 0 Å². The number of hydrogen-bond donors (Lipinski definition) is 2. The summed E-state index contributed by atoms with van der Waals surface area (Å²) in [6.45, 7) is 5.13. The van der Waals surface area contributed by atoms with Gasteiger partial charge < -0.3 is 5.11 Å². The van der Waals surface area contributed by atoms with Crippen molar-refractivity contribution in [2.45, 2.75) is 25.4 Å². The molecule has 1 atom stereocenters. The highest BCUT2D eigenvalue weighted by atomic mass is 16.4. The molecule has 0 saturated carbocycles. The third kappa shape index (κ3) is 1.99. The number of carboxylic acids is 1. The molecule has 1 aliphatic heterocycles. The van der Waals surface area contributed by atoms with E-state index in [0.29, 0.717) is 13.1 Å². The number of hydrazine groups is 1. The average Bonchev–Trinajstić information content (AvgIpc) is 1.95. The molecule has 76 valence electrons. The van der Waals surface area contributed by atoms with Gasteiger partial charge in [0.05, 0.1) is 0 Å². The summed E-state index contributed by atoms with van der Waals surface area (Å²) >= 11 is 0. The van der Waals surface area contributed by atoms with E-state index in [-0.39, 0.29) is 5.54 Å². The number of likely N-dealkylation sites (N-methyl/N-ethyl adjacent to an activating group) is 1. The standard InChI is InChI=1S/C8H17N3O2/c1-8(2)5-11(9)6(7(12)13)4-10(8)3/h6H,4-5,9H2,1-3H3,(H,12,13). The molecule has 1 rings (SSSR count). The van der Waals surface area contributed by atoms with Crippen molar-refractivity contribution in [2.24, 2.45) is 5.84 Å². The van der Waals surface area contributed by atoms with Crippen LogP contribution in [0.4, 0.5) is 0 Å².